The number of ether oxygens (including phenoxy) is 2. The number of pyridine rings is 2. The fourth-order valence-electron chi connectivity index (χ4n) is 3.96. The maximum absolute atomic E-state index is 13.4. The molecular formula is C22H30N4O5. The van der Waals surface area contributed by atoms with E-state index in [1.54, 1.807) is 48.9 Å². The zero-order chi connectivity index (χ0) is 22.4. The van der Waals surface area contributed by atoms with Crippen molar-refractivity contribution in [3.05, 3.63) is 57.8 Å². The van der Waals surface area contributed by atoms with E-state index in [1.165, 1.54) is 0 Å². The van der Waals surface area contributed by atoms with Crippen LogP contribution in [0.2, 0.25) is 0 Å². The third-order valence-corrected chi connectivity index (χ3v) is 5.52. The predicted octanol–water partition coefficient (Wildman–Crippen LogP) is 1.77. The number of aromatic hydroxyl groups is 1. The van der Waals surface area contributed by atoms with Crippen molar-refractivity contribution in [3.8, 4) is 5.75 Å². The molecule has 9 heteroatoms. The molecule has 0 aromatic carbocycles. The second-order valence-electron chi connectivity index (χ2n) is 7.45. The number of nitrogens with zero attached hydrogens (tertiary/aromatic N) is 4. The summed E-state index contributed by atoms with van der Waals surface area (Å²) in [5, 5.41) is 10.8. The number of carbonyl (C=O) groups is 1. The van der Waals surface area contributed by atoms with Crippen LogP contribution in [0.4, 0.5) is 4.79 Å². The number of hydrogen-bond acceptors (Lipinski definition) is 7. The average molecular weight is 431 g/mol. The van der Waals surface area contributed by atoms with Gasteiger partial charge in [-0.25, -0.2) is 4.79 Å². The normalized spacial score (nSPS) is 15.6. The summed E-state index contributed by atoms with van der Waals surface area (Å²) in [4.78, 5) is 33.5. The number of carbonyl (C=O) groups excluding carboxylic acids is 1. The molecule has 2 aromatic rings. The molecule has 1 fully saturated rings. The summed E-state index contributed by atoms with van der Waals surface area (Å²) in [5.41, 5.74) is 1.53. The van der Waals surface area contributed by atoms with E-state index in [2.05, 4.69) is 9.88 Å². The number of methoxy groups -OCH3 is 1. The van der Waals surface area contributed by atoms with Gasteiger partial charge in [-0.05, 0) is 31.5 Å². The first-order valence-corrected chi connectivity index (χ1v) is 10.5. The van der Waals surface area contributed by atoms with Gasteiger partial charge in [0.05, 0.1) is 24.8 Å². The fraction of sp³-hybridized carbons (Fsp3) is 0.500. The zero-order valence-electron chi connectivity index (χ0n) is 18.3. The van der Waals surface area contributed by atoms with Gasteiger partial charge in [0.1, 0.15) is 5.75 Å². The Hall–Kier alpha value is -2.91. The van der Waals surface area contributed by atoms with Gasteiger partial charge < -0.3 is 24.0 Å². The van der Waals surface area contributed by atoms with E-state index in [-0.39, 0.29) is 17.4 Å². The predicted molar refractivity (Wildman–Crippen MR) is 115 cm³/mol. The molecule has 3 rings (SSSR count). The molecule has 0 bridgehead atoms. The van der Waals surface area contributed by atoms with Crippen LogP contribution >= 0.6 is 0 Å². The van der Waals surface area contributed by atoms with Crippen molar-refractivity contribution < 1.29 is 19.4 Å². The number of aromatic nitrogens is 2. The van der Waals surface area contributed by atoms with Crippen LogP contribution < -0.4 is 5.56 Å². The molecule has 1 N–H and O–H groups in total. The Morgan fingerprint density at radius 2 is 2.03 bits per heavy atom. The number of piperazine rings is 1. The van der Waals surface area contributed by atoms with Gasteiger partial charge in [-0.15, -0.1) is 0 Å². The minimum Gasteiger partial charge on any atom is -0.507 e. The van der Waals surface area contributed by atoms with Gasteiger partial charge >= 0.3 is 6.09 Å². The maximum atomic E-state index is 13.4. The van der Waals surface area contributed by atoms with Crippen molar-refractivity contribution in [1.29, 1.82) is 0 Å². The Labute approximate surface area is 181 Å². The molecule has 168 valence electrons. The fourth-order valence-corrected chi connectivity index (χ4v) is 3.96. The van der Waals surface area contributed by atoms with E-state index < -0.39 is 6.04 Å². The monoisotopic (exact) mass is 430 g/mol. The number of rotatable bonds is 7. The molecule has 0 aliphatic carbocycles. The summed E-state index contributed by atoms with van der Waals surface area (Å²) in [5.74, 6) is -0.0437. The third-order valence-electron chi connectivity index (χ3n) is 5.52. The highest BCUT2D eigenvalue weighted by Crippen LogP contribution is 2.33. The largest absolute Gasteiger partial charge is 0.507 e. The highest BCUT2D eigenvalue weighted by Gasteiger charge is 2.32. The Kier molecular flexibility index (Phi) is 7.64. The van der Waals surface area contributed by atoms with Crippen LogP contribution in [0.1, 0.15) is 29.8 Å². The SMILES string of the molecule is CCOC(=O)N1CCN([C@H](c2cccnc2)c2c(O)cc(C)n(CCOC)c2=O)CC1. The lowest BCUT2D eigenvalue weighted by molar-refractivity contribution is 0.0708. The molecule has 3 heterocycles. The van der Waals surface area contributed by atoms with E-state index >= 15 is 0 Å². The highest BCUT2D eigenvalue weighted by molar-refractivity contribution is 5.67. The number of hydrogen-bond donors (Lipinski definition) is 1. The lowest BCUT2D eigenvalue weighted by Crippen LogP contribution is -2.50. The molecule has 0 unspecified atom stereocenters. The molecule has 1 saturated heterocycles. The molecule has 1 amide bonds. The molecule has 0 saturated carbocycles. The van der Waals surface area contributed by atoms with Crippen molar-refractivity contribution in [2.45, 2.75) is 26.4 Å². The summed E-state index contributed by atoms with van der Waals surface area (Å²) >= 11 is 0. The second-order valence-corrected chi connectivity index (χ2v) is 7.45. The molecule has 2 aromatic heterocycles. The lowest BCUT2D eigenvalue weighted by atomic mass is 9.97. The van der Waals surface area contributed by atoms with Crippen LogP contribution in [0.3, 0.4) is 0 Å². The van der Waals surface area contributed by atoms with Crippen molar-refractivity contribution in [2.24, 2.45) is 0 Å². The van der Waals surface area contributed by atoms with E-state index in [4.69, 9.17) is 9.47 Å². The van der Waals surface area contributed by atoms with Gasteiger partial charge in [-0.3, -0.25) is 14.7 Å². The molecule has 9 nitrogen and oxygen atoms in total. The van der Waals surface area contributed by atoms with Crippen molar-refractivity contribution in [1.82, 2.24) is 19.4 Å². The van der Waals surface area contributed by atoms with Crippen LogP contribution in [-0.4, -0.2) is 77.1 Å². The van der Waals surface area contributed by atoms with E-state index in [0.717, 1.165) is 5.56 Å². The third kappa shape index (κ3) is 5.05. The summed E-state index contributed by atoms with van der Waals surface area (Å²) in [6.45, 7) is 6.69. The van der Waals surface area contributed by atoms with Gasteiger partial charge in [-0.2, -0.15) is 0 Å². The Morgan fingerprint density at radius 1 is 1.29 bits per heavy atom. The molecular weight excluding hydrogens is 400 g/mol. The van der Waals surface area contributed by atoms with Gasteiger partial charge in [0.2, 0.25) is 0 Å². The maximum Gasteiger partial charge on any atom is 0.409 e. The van der Waals surface area contributed by atoms with Crippen LogP contribution in [-0.2, 0) is 16.0 Å². The second kappa shape index (κ2) is 10.4. The van der Waals surface area contributed by atoms with Gasteiger partial charge in [0.15, 0.2) is 0 Å². The van der Waals surface area contributed by atoms with Gasteiger partial charge in [0, 0.05) is 57.9 Å². The molecule has 1 atom stereocenters. The molecule has 1 aliphatic heterocycles. The number of amides is 1. The smallest absolute Gasteiger partial charge is 0.409 e. The average Bonchev–Trinajstić information content (AvgIpc) is 2.77. The van der Waals surface area contributed by atoms with Crippen LogP contribution in [0.5, 0.6) is 5.75 Å². The van der Waals surface area contributed by atoms with Crippen molar-refractivity contribution in [3.63, 3.8) is 0 Å². The first kappa shape index (κ1) is 22.8. The number of aryl methyl sites for hydroxylation is 1. The highest BCUT2D eigenvalue weighted by atomic mass is 16.6. The van der Waals surface area contributed by atoms with Crippen LogP contribution in [0, 0.1) is 6.92 Å². The van der Waals surface area contributed by atoms with Crippen molar-refractivity contribution >= 4 is 6.09 Å². The van der Waals surface area contributed by atoms with E-state index in [1.807, 2.05) is 12.1 Å². The Balaban J connectivity index is 1.99. The quantitative estimate of drug-likeness (QED) is 0.715. The Bertz CT molecular complexity index is 939. The van der Waals surface area contributed by atoms with Crippen LogP contribution in [0.25, 0.3) is 0 Å². The molecule has 0 radical (unpaired) electrons. The van der Waals surface area contributed by atoms with Gasteiger partial charge in [-0.1, -0.05) is 6.07 Å². The standard InChI is InChI=1S/C22H30N4O5/c1-4-31-22(29)25-10-8-24(9-11-25)20(17-6-5-7-23-15-17)19-18(27)14-16(2)26(21(19)28)12-13-30-3/h5-7,14-15,20,27H,4,8-13H2,1-3H3/t20-/m1/s1. The minimum atomic E-state index is -0.486. The minimum absolute atomic E-state index is 0.0437. The lowest BCUT2D eigenvalue weighted by Gasteiger charge is -2.39. The summed E-state index contributed by atoms with van der Waals surface area (Å²) < 4.78 is 11.9. The topological polar surface area (TPSA) is 97.1 Å². The zero-order valence-corrected chi connectivity index (χ0v) is 18.3. The summed E-state index contributed by atoms with van der Waals surface area (Å²) in [6.07, 6.45) is 3.05. The Morgan fingerprint density at radius 3 is 2.65 bits per heavy atom. The molecule has 0 spiro atoms. The summed E-state index contributed by atoms with van der Waals surface area (Å²) in [7, 11) is 1.59. The van der Waals surface area contributed by atoms with E-state index in [9.17, 15) is 14.7 Å². The van der Waals surface area contributed by atoms with Crippen LogP contribution in [0.15, 0.2) is 35.4 Å². The summed E-state index contributed by atoms with van der Waals surface area (Å²) in [6, 6.07) is 4.84. The van der Waals surface area contributed by atoms with Gasteiger partial charge in [0.25, 0.3) is 5.56 Å². The first-order valence-electron chi connectivity index (χ1n) is 10.5. The van der Waals surface area contributed by atoms with E-state index in [0.29, 0.717) is 57.2 Å². The molecule has 1 aliphatic rings. The molecule has 31 heavy (non-hydrogen) atoms. The first-order chi connectivity index (χ1) is 15.0. The van der Waals surface area contributed by atoms with Crippen molar-refractivity contribution in [2.75, 3.05) is 46.5 Å².